The summed E-state index contributed by atoms with van der Waals surface area (Å²) < 4.78 is 2.20. The van der Waals surface area contributed by atoms with Crippen molar-refractivity contribution in [3.8, 4) is 0 Å². The average Bonchev–Trinajstić information content (AvgIpc) is 1.89. The third-order valence-electron chi connectivity index (χ3n) is 1.90. The van der Waals surface area contributed by atoms with E-state index in [0.29, 0.717) is 14.6 Å². The molecule has 0 aromatic carbocycles. The SMILES string of the molecule is C[C@H]1CCCCN1P=N. The zero-order chi connectivity index (χ0) is 6.69. The normalized spacial score (nSPS) is 31.0. The van der Waals surface area contributed by atoms with Crippen LogP contribution in [0, 0.1) is 5.16 Å². The van der Waals surface area contributed by atoms with E-state index in [1.807, 2.05) is 0 Å². The Morgan fingerprint density at radius 1 is 1.56 bits per heavy atom. The second kappa shape index (κ2) is 3.28. The third kappa shape index (κ3) is 1.74. The van der Waals surface area contributed by atoms with Crippen LogP contribution in [0.4, 0.5) is 0 Å². The highest BCUT2D eigenvalue weighted by atomic mass is 31.1. The van der Waals surface area contributed by atoms with E-state index < -0.39 is 0 Å². The van der Waals surface area contributed by atoms with Gasteiger partial charge in [-0.25, -0.2) is 4.67 Å². The lowest BCUT2D eigenvalue weighted by molar-refractivity contribution is 0.288. The summed E-state index contributed by atoms with van der Waals surface area (Å²) in [7, 11) is 0.704. The first-order chi connectivity index (χ1) is 4.34. The summed E-state index contributed by atoms with van der Waals surface area (Å²) in [6.45, 7) is 3.34. The molecule has 0 unspecified atom stereocenters. The lowest BCUT2D eigenvalue weighted by atomic mass is 10.1. The minimum atomic E-state index is 0.651. The van der Waals surface area contributed by atoms with E-state index in [9.17, 15) is 0 Å². The van der Waals surface area contributed by atoms with Crippen molar-refractivity contribution in [2.24, 2.45) is 0 Å². The Hall–Kier alpha value is 0.0600. The van der Waals surface area contributed by atoms with Gasteiger partial charge in [-0.1, -0.05) is 6.42 Å². The van der Waals surface area contributed by atoms with Gasteiger partial charge in [0.2, 0.25) is 0 Å². The summed E-state index contributed by atoms with van der Waals surface area (Å²) in [5.74, 6) is 0. The van der Waals surface area contributed by atoms with E-state index in [0.717, 1.165) is 6.54 Å². The summed E-state index contributed by atoms with van der Waals surface area (Å²) >= 11 is 0. The van der Waals surface area contributed by atoms with Crippen LogP contribution in [0.5, 0.6) is 0 Å². The molecule has 1 saturated heterocycles. The van der Waals surface area contributed by atoms with Crippen molar-refractivity contribution in [2.45, 2.75) is 32.2 Å². The average molecular weight is 144 g/mol. The minimum Gasteiger partial charge on any atom is -0.269 e. The topological polar surface area (TPSA) is 27.1 Å². The van der Waals surface area contributed by atoms with Crippen molar-refractivity contribution in [1.82, 2.24) is 4.67 Å². The first-order valence-electron chi connectivity index (χ1n) is 3.48. The Bertz CT molecular complexity index is 105. The molecule has 0 bridgehead atoms. The molecule has 0 spiro atoms. The van der Waals surface area contributed by atoms with Crippen molar-refractivity contribution in [2.75, 3.05) is 6.54 Å². The van der Waals surface area contributed by atoms with Gasteiger partial charge in [-0.2, -0.15) is 0 Å². The number of piperidine rings is 1. The van der Waals surface area contributed by atoms with Gasteiger partial charge in [0.05, 0.1) is 8.52 Å². The molecule has 0 radical (unpaired) electrons. The molecule has 0 aromatic rings. The molecule has 1 aliphatic rings. The van der Waals surface area contributed by atoms with Crippen molar-refractivity contribution in [3.05, 3.63) is 0 Å². The van der Waals surface area contributed by atoms with Gasteiger partial charge in [-0.3, -0.25) is 5.16 Å². The second-order valence-corrected chi connectivity index (χ2v) is 3.32. The molecule has 1 N–H and O–H groups in total. The third-order valence-corrected chi connectivity index (χ3v) is 2.75. The summed E-state index contributed by atoms with van der Waals surface area (Å²) in [5, 5.41) is 7.13. The molecular formula is C6H13N2P. The number of nitrogens with one attached hydrogen (secondary N) is 1. The fourth-order valence-electron chi connectivity index (χ4n) is 1.23. The molecular weight excluding hydrogens is 131 g/mol. The Balaban J connectivity index is 2.38. The molecule has 1 atom stereocenters. The molecule has 2 nitrogen and oxygen atoms in total. The smallest absolute Gasteiger partial charge is 0.0905 e. The quantitative estimate of drug-likeness (QED) is 0.562. The maximum atomic E-state index is 7.13. The first kappa shape index (κ1) is 7.17. The van der Waals surface area contributed by atoms with Crippen molar-refractivity contribution in [1.29, 1.82) is 5.16 Å². The number of hydrogen-bond acceptors (Lipinski definition) is 1. The van der Waals surface area contributed by atoms with Gasteiger partial charge in [0.25, 0.3) is 0 Å². The summed E-state index contributed by atoms with van der Waals surface area (Å²) in [6.07, 6.45) is 3.93. The van der Waals surface area contributed by atoms with E-state index in [2.05, 4.69) is 11.6 Å². The number of nitrogens with zero attached hydrogens (tertiary/aromatic N) is 1. The highest BCUT2D eigenvalue weighted by Crippen LogP contribution is 2.21. The van der Waals surface area contributed by atoms with Crippen LogP contribution in [-0.2, 0) is 0 Å². The zero-order valence-electron chi connectivity index (χ0n) is 5.80. The molecule has 1 rings (SSSR count). The summed E-state index contributed by atoms with van der Waals surface area (Å²) in [4.78, 5) is 0. The molecule has 0 aliphatic carbocycles. The summed E-state index contributed by atoms with van der Waals surface area (Å²) in [5.41, 5.74) is 0. The predicted molar refractivity (Wildman–Crippen MR) is 39.7 cm³/mol. The highest BCUT2D eigenvalue weighted by molar-refractivity contribution is 7.22. The van der Waals surface area contributed by atoms with E-state index in [1.165, 1.54) is 19.3 Å². The van der Waals surface area contributed by atoms with Gasteiger partial charge in [0, 0.05) is 12.6 Å². The molecule has 52 valence electrons. The maximum absolute atomic E-state index is 7.13. The van der Waals surface area contributed by atoms with Crippen LogP contribution >= 0.6 is 8.52 Å². The van der Waals surface area contributed by atoms with E-state index in [1.54, 1.807) is 0 Å². The largest absolute Gasteiger partial charge is 0.269 e. The predicted octanol–water partition coefficient (Wildman–Crippen LogP) is 2.48. The first-order valence-corrected chi connectivity index (χ1v) is 4.33. The van der Waals surface area contributed by atoms with Crippen molar-refractivity contribution >= 4 is 8.52 Å². The van der Waals surface area contributed by atoms with Crippen molar-refractivity contribution in [3.63, 3.8) is 0 Å². The van der Waals surface area contributed by atoms with Crippen LogP contribution in [0.2, 0.25) is 0 Å². The molecule has 0 aromatic heterocycles. The van der Waals surface area contributed by atoms with Gasteiger partial charge < -0.3 is 0 Å². The lowest BCUT2D eigenvalue weighted by Gasteiger charge is -2.27. The minimum absolute atomic E-state index is 0.651. The molecule has 0 amide bonds. The van der Waals surface area contributed by atoms with E-state index in [-0.39, 0.29) is 0 Å². The molecule has 1 heterocycles. The van der Waals surface area contributed by atoms with Crippen LogP contribution < -0.4 is 0 Å². The molecule has 1 aliphatic heterocycles. The van der Waals surface area contributed by atoms with Gasteiger partial charge >= 0.3 is 0 Å². The van der Waals surface area contributed by atoms with Crippen LogP contribution in [-0.4, -0.2) is 17.3 Å². The Morgan fingerprint density at radius 2 is 2.33 bits per heavy atom. The maximum Gasteiger partial charge on any atom is 0.0905 e. The fourth-order valence-corrected chi connectivity index (χ4v) is 1.79. The molecule has 1 fully saturated rings. The number of rotatable bonds is 1. The lowest BCUT2D eigenvalue weighted by Crippen LogP contribution is -2.29. The Morgan fingerprint density at radius 3 is 2.78 bits per heavy atom. The summed E-state index contributed by atoms with van der Waals surface area (Å²) in [6, 6.07) is 0.651. The van der Waals surface area contributed by atoms with Crippen molar-refractivity contribution < 1.29 is 0 Å². The molecule has 9 heavy (non-hydrogen) atoms. The van der Waals surface area contributed by atoms with Gasteiger partial charge in [0.15, 0.2) is 0 Å². The molecule has 3 heteroatoms. The Kier molecular flexibility index (Phi) is 2.62. The zero-order valence-corrected chi connectivity index (χ0v) is 6.69. The van der Waals surface area contributed by atoms with E-state index >= 15 is 0 Å². The van der Waals surface area contributed by atoms with Gasteiger partial charge in [0.1, 0.15) is 0 Å². The standard InChI is InChI=1S/C6H13N2P/c1-6-4-2-3-5-8(6)9-7/h6-7H,2-5H2,1H3/t6-/m0/s1. The van der Waals surface area contributed by atoms with E-state index in [4.69, 9.17) is 5.16 Å². The van der Waals surface area contributed by atoms with Crippen LogP contribution in [0.25, 0.3) is 0 Å². The van der Waals surface area contributed by atoms with Gasteiger partial charge in [-0.05, 0) is 19.8 Å². The van der Waals surface area contributed by atoms with Crippen LogP contribution in [0.3, 0.4) is 0 Å². The number of hydrogen-bond donors (Lipinski definition) is 1. The second-order valence-electron chi connectivity index (χ2n) is 2.61. The Labute approximate surface area is 58.0 Å². The fraction of sp³-hybridized carbons (Fsp3) is 1.00. The highest BCUT2D eigenvalue weighted by Gasteiger charge is 2.15. The van der Waals surface area contributed by atoms with Crippen LogP contribution in [0.1, 0.15) is 26.2 Å². The monoisotopic (exact) mass is 144 g/mol. The molecule has 0 saturated carbocycles. The van der Waals surface area contributed by atoms with Crippen LogP contribution in [0.15, 0.2) is 0 Å². The van der Waals surface area contributed by atoms with Gasteiger partial charge in [-0.15, -0.1) is 0 Å².